The van der Waals surface area contributed by atoms with Gasteiger partial charge in [0.1, 0.15) is 17.3 Å². The Morgan fingerprint density at radius 1 is 0.714 bits per heavy atom. The van der Waals surface area contributed by atoms with Crippen LogP contribution < -0.4 is 4.74 Å². The molecule has 0 bridgehead atoms. The number of pyridine rings is 1. The monoisotopic (exact) mass is 646 g/mol. The van der Waals surface area contributed by atoms with Crippen molar-refractivity contribution in [3.05, 3.63) is 131 Å². The molecule has 49 heavy (non-hydrogen) atoms. The van der Waals surface area contributed by atoms with Crippen LogP contribution in [-0.4, -0.2) is 19.3 Å². The molecule has 0 aliphatic carbocycles. The van der Waals surface area contributed by atoms with Crippen LogP contribution in [0.4, 0.5) is 0 Å². The number of hydrogen-bond donors (Lipinski definition) is 0. The summed E-state index contributed by atoms with van der Waals surface area (Å²) in [7, 11) is 0. The highest BCUT2D eigenvalue weighted by Crippen LogP contribution is 2.39. The van der Waals surface area contributed by atoms with Gasteiger partial charge in [-0.15, -0.1) is 0 Å². The van der Waals surface area contributed by atoms with Gasteiger partial charge in [0.15, 0.2) is 0 Å². The van der Waals surface area contributed by atoms with Crippen LogP contribution in [0, 0.1) is 6.92 Å². The third-order valence-electron chi connectivity index (χ3n) is 9.63. The molecule has 7 aromatic rings. The molecule has 5 nitrogen and oxygen atoms in total. The first-order chi connectivity index (χ1) is 23.6. The van der Waals surface area contributed by atoms with Gasteiger partial charge in [0.25, 0.3) is 0 Å². The molecular formula is C44H46N4O. The van der Waals surface area contributed by atoms with Gasteiger partial charge in [0, 0.05) is 40.9 Å². The maximum Gasteiger partial charge on any atom is 0.137 e. The maximum atomic E-state index is 6.70. The lowest BCUT2D eigenvalue weighted by Crippen LogP contribution is -2.01. The lowest BCUT2D eigenvalue weighted by atomic mass is 9.84. The number of fused-ring (bicyclic) bond motifs is 3. The molecule has 5 heteroatoms. The van der Waals surface area contributed by atoms with E-state index in [1.54, 1.807) is 0 Å². The summed E-state index contributed by atoms with van der Waals surface area (Å²) >= 11 is 0. The topological polar surface area (TPSA) is 44.9 Å². The van der Waals surface area contributed by atoms with Crippen LogP contribution in [0.3, 0.4) is 0 Å². The van der Waals surface area contributed by atoms with E-state index in [0.717, 1.165) is 46.0 Å². The molecule has 3 heterocycles. The van der Waals surface area contributed by atoms with Crippen LogP contribution in [0.25, 0.3) is 44.4 Å². The Labute approximate surface area is 290 Å². The molecule has 0 radical (unpaired) electrons. The van der Waals surface area contributed by atoms with E-state index in [4.69, 9.17) is 14.8 Å². The minimum atomic E-state index is 0.316. The summed E-state index contributed by atoms with van der Waals surface area (Å²) in [6.07, 6.45) is 7.05. The molecule has 3 aromatic heterocycles. The molecule has 0 aliphatic rings. The zero-order valence-corrected chi connectivity index (χ0v) is 30.0. The summed E-state index contributed by atoms with van der Waals surface area (Å²) in [5.74, 6) is 3.60. The Bertz CT molecular complexity index is 2270. The molecule has 0 aliphatic heterocycles. The fourth-order valence-electron chi connectivity index (χ4n) is 7.01. The highest BCUT2D eigenvalue weighted by atomic mass is 16.5. The lowest BCUT2D eigenvalue weighted by Gasteiger charge is -2.20. The average Bonchev–Trinajstić information content (AvgIpc) is 3.71. The Morgan fingerprint density at radius 2 is 1.45 bits per heavy atom. The van der Waals surface area contributed by atoms with Gasteiger partial charge >= 0.3 is 0 Å². The number of aryl methyl sites for hydroxylation is 2. The number of nitrogens with zero attached hydrogens (tertiary/aromatic N) is 4. The van der Waals surface area contributed by atoms with Crippen molar-refractivity contribution in [2.45, 2.75) is 79.6 Å². The highest BCUT2D eigenvalue weighted by Gasteiger charge is 2.19. The molecule has 0 saturated heterocycles. The third kappa shape index (κ3) is 6.14. The minimum Gasteiger partial charge on any atom is -0.457 e. The third-order valence-corrected chi connectivity index (χ3v) is 9.63. The standard InChI is InChI=1S/C44H46N4O/c1-9-31-16-17-45-43(20-31)48-41-13-11-10-12-37(41)38-15-14-35(24-42(38)48)49-36-22-32(27(2)3)21-34(23-36)47-26-33(25-46-47)44-39(28(4)5)18-30(8)19-40(44)29(6)7/h10-29H,9H2,1-8H3. The molecule has 0 saturated carbocycles. The van der Waals surface area contributed by atoms with Gasteiger partial charge in [0.05, 0.1) is 22.9 Å². The van der Waals surface area contributed by atoms with Gasteiger partial charge < -0.3 is 4.74 Å². The van der Waals surface area contributed by atoms with E-state index in [1.807, 2.05) is 17.1 Å². The van der Waals surface area contributed by atoms with Crippen LogP contribution in [0.5, 0.6) is 11.5 Å². The SMILES string of the molecule is CCc1ccnc(-n2c3ccccc3c3ccc(Oc4cc(C(C)C)cc(-n5cc(-c6c(C(C)C)cc(C)cc6C(C)C)cn5)c4)cc32)c1. The van der Waals surface area contributed by atoms with Gasteiger partial charge in [-0.3, -0.25) is 4.57 Å². The number of rotatable bonds is 9. The molecule has 0 spiro atoms. The summed E-state index contributed by atoms with van der Waals surface area (Å²) in [5.41, 5.74) is 12.1. The molecule has 0 fully saturated rings. The predicted molar refractivity (Wildman–Crippen MR) is 204 cm³/mol. The van der Waals surface area contributed by atoms with Crippen molar-refractivity contribution in [2.75, 3.05) is 0 Å². The summed E-state index contributed by atoms with van der Waals surface area (Å²) in [4.78, 5) is 4.79. The molecular weight excluding hydrogens is 601 g/mol. The maximum absolute atomic E-state index is 6.70. The largest absolute Gasteiger partial charge is 0.457 e. The van der Waals surface area contributed by atoms with Gasteiger partial charge in [-0.2, -0.15) is 5.10 Å². The van der Waals surface area contributed by atoms with Crippen LogP contribution >= 0.6 is 0 Å². The molecule has 0 atom stereocenters. The van der Waals surface area contributed by atoms with Gasteiger partial charge in [0.2, 0.25) is 0 Å². The molecule has 4 aromatic carbocycles. The van der Waals surface area contributed by atoms with Crippen molar-refractivity contribution < 1.29 is 4.74 Å². The first-order valence-electron chi connectivity index (χ1n) is 17.6. The minimum absolute atomic E-state index is 0.316. The summed E-state index contributed by atoms with van der Waals surface area (Å²) < 4.78 is 10.9. The van der Waals surface area contributed by atoms with Crippen molar-refractivity contribution in [1.29, 1.82) is 0 Å². The van der Waals surface area contributed by atoms with Crippen LogP contribution in [-0.2, 0) is 6.42 Å². The second kappa shape index (κ2) is 13.0. The number of para-hydroxylation sites is 1. The van der Waals surface area contributed by atoms with Gasteiger partial charge in [-0.05, 0) is 101 Å². The Hall–Kier alpha value is -5.16. The average molecular weight is 647 g/mol. The first kappa shape index (κ1) is 32.4. The van der Waals surface area contributed by atoms with E-state index < -0.39 is 0 Å². The fourth-order valence-corrected chi connectivity index (χ4v) is 7.01. The van der Waals surface area contributed by atoms with Gasteiger partial charge in [-0.1, -0.05) is 84.4 Å². The summed E-state index contributed by atoms with van der Waals surface area (Å²) in [6.45, 7) is 17.9. The second-order valence-electron chi connectivity index (χ2n) is 14.2. The lowest BCUT2D eigenvalue weighted by molar-refractivity contribution is 0.481. The molecule has 0 unspecified atom stereocenters. The highest BCUT2D eigenvalue weighted by molar-refractivity contribution is 6.09. The van der Waals surface area contributed by atoms with E-state index in [0.29, 0.717) is 17.8 Å². The van der Waals surface area contributed by atoms with Crippen molar-refractivity contribution in [2.24, 2.45) is 0 Å². The van der Waals surface area contributed by atoms with Crippen molar-refractivity contribution in [1.82, 2.24) is 19.3 Å². The summed E-state index contributed by atoms with van der Waals surface area (Å²) in [6, 6.07) is 30.3. The molecule has 0 amide bonds. The van der Waals surface area contributed by atoms with E-state index in [-0.39, 0.29) is 0 Å². The predicted octanol–water partition coefficient (Wildman–Crippen LogP) is 12.1. The van der Waals surface area contributed by atoms with Crippen molar-refractivity contribution in [3.63, 3.8) is 0 Å². The number of ether oxygens (including phenoxy) is 1. The van der Waals surface area contributed by atoms with Gasteiger partial charge in [-0.25, -0.2) is 9.67 Å². The molecule has 248 valence electrons. The molecule has 0 N–H and O–H groups in total. The first-order valence-corrected chi connectivity index (χ1v) is 17.6. The van der Waals surface area contributed by atoms with E-state index in [2.05, 4.69) is 151 Å². The van der Waals surface area contributed by atoms with Crippen molar-refractivity contribution >= 4 is 21.8 Å². The second-order valence-corrected chi connectivity index (χ2v) is 14.2. The Kier molecular flexibility index (Phi) is 8.62. The zero-order chi connectivity index (χ0) is 34.4. The van der Waals surface area contributed by atoms with E-state index >= 15 is 0 Å². The zero-order valence-electron chi connectivity index (χ0n) is 30.0. The van der Waals surface area contributed by atoms with Crippen LogP contribution in [0.15, 0.2) is 104 Å². The number of benzene rings is 4. The number of hydrogen-bond acceptors (Lipinski definition) is 3. The van der Waals surface area contributed by atoms with E-state index in [1.165, 1.54) is 44.2 Å². The quantitative estimate of drug-likeness (QED) is 0.157. The smallest absolute Gasteiger partial charge is 0.137 e. The normalized spacial score (nSPS) is 11.9. The summed E-state index contributed by atoms with van der Waals surface area (Å²) in [5, 5.41) is 7.28. The Morgan fingerprint density at radius 3 is 2.16 bits per heavy atom. The Balaban J connectivity index is 1.31. The molecule has 7 rings (SSSR count). The van der Waals surface area contributed by atoms with E-state index in [9.17, 15) is 0 Å². The fraction of sp³-hybridized carbons (Fsp3) is 0.273. The van der Waals surface area contributed by atoms with Crippen LogP contribution in [0.1, 0.15) is 94.0 Å². The van der Waals surface area contributed by atoms with Crippen LogP contribution in [0.2, 0.25) is 0 Å². The number of aromatic nitrogens is 4. The van der Waals surface area contributed by atoms with Crippen molar-refractivity contribution in [3.8, 4) is 34.1 Å².